The van der Waals surface area contributed by atoms with Crippen molar-refractivity contribution in [2.75, 3.05) is 27.3 Å². The normalized spacial score (nSPS) is 17.5. The van der Waals surface area contributed by atoms with E-state index >= 15 is 0 Å². The molecule has 21 heavy (non-hydrogen) atoms. The van der Waals surface area contributed by atoms with Gasteiger partial charge in [-0.2, -0.15) is 0 Å². The van der Waals surface area contributed by atoms with E-state index in [0.717, 1.165) is 43.0 Å². The second-order valence-electron chi connectivity index (χ2n) is 4.94. The Balaban J connectivity index is 0.00000220. The average Bonchev–Trinajstić information content (AvgIpc) is 2.53. The molecule has 0 aliphatic carbocycles. The molecule has 0 unspecified atom stereocenters. The summed E-state index contributed by atoms with van der Waals surface area (Å²) < 4.78 is 10.5. The summed E-state index contributed by atoms with van der Waals surface area (Å²) in [5.41, 5.74) is 0.949. The Labute approximate surface area is 131 Å². The summed E-state index contributed by atoms with van der Waals surface area (Å²) in [4.78, 5) is 12.1. The number of benzene rings is 1. The number of rotatable bonds is 5. The number of carbonyl (C=O) groups excluding carboxylic acids is 1. The van der Waals surface area contributed by atoms with Crippen molar-refractivity contribution in [2.24, 2.45) is 5.92 Å². The third-order valence-corrected chi connectivity index (χ3v) is 3.61. The van der Waals surface area contributed by atoms with E-state index in [-0.39, 0.29) is 24.2 Å². The zero-order valence-electron chi connectivity index (χ0n) is 12.5. The average molecular weight is 315 g/mol. The highest BCUT2D eigenvalue weighted by Gasteiger charge is 2.20. The molecule has 1 fully saturated rings. The molecule has 1 aliphatic rings. The van der Waals surface area contributed by atoms with Gasteiger partial charge in [0.05, 0.1) is 20.1 Å². The molecule has 0 saturated carbocycles. The molecule has 0 radical (unpaired) electrons. The van der Waals surface area contributed by atoms with E-state index in [1.165, 1.54) is 0 Å². The zero-order valence-corrected chi connectivity index (χ0v) is 13.3. The minimum absolute atomic E-state index is 0. The number of carbonyl (C=O) groups is 1. The van der Waals surface area contributed by atoms with Gasteiger partial charge in [0.15, 0.2) is 0 Å². The molecule has 1 atom stereocenters. The molecule has 0 bridgehead atoms. The summed E-state index contributed by atoms with van der Waals surface area (Å²) in [7, 11) is 3.23. The van der Waals surface area contributed by atoms with E-state index in [1.54, 1.807) is 14.2 Å². The molecule has 118 valence electrons. The molecule has 2 rings (SSSR count). The third-order valence-electron chi connectivity index (χ3n) is 3.61. The summed E-state index contributed by atoms with van der Waals surface area (Å²) in [6.07, 6.45) is 2.02. The van der Waals surface area contributed by atoms with Gasteiger partial charge < -0.3 is 20.1 Å². The molecule has 1 aliphatic heterocycles. The smallest absolute Gasteiger partial charge is 0.224 e. The van der Waals surface area contributed by atoms with E-state index < -0.39 is 0 Å². The van der Waals surface area contributed by atoms with Crippen molar-refractivity contribution in [1.29, 1.82) is 0 Å². The largest absolute Gasteiger partial charge is 0.497 e. The third kappa shape index (κ3) is 4.79. The van der Waals surface area contributed by atoms with Crippen LogP contribution >= 0.6 is 12.4 Å². The number of methoxy groups -OCH3 is 2. The summed E-state index contributed by atoms with van der Waals surface area (Å²) in [6, 6.07) is 5.60. The highest BCUT2D eigenvalue weighted by atomic mass is 35.5. The van der Waals surface area contributed by atoms with Crippen molar-refractivity contribution < 1.29 is 14.3 Å². The Bertz CT molecular complexity index is 462. The van der Waals surface area contributed by atoms with Crippen LogP contribution in [0.25, 0.3) is 0 Å². The molecule has 1 aromatic carbocycles. The summed E-state index contributed by atoms with van der Waals surface area (Å²) in [6.45, 7) is 2.25. The highest BCUT2D eigenvalue weighted by Crippen LogP contribution is 2.24. The summed E-state index contributed by atoms with van der Waals surface area (Å²) >= 11 is 0. The van der Waals surface area contributed by atoms with Gasteiger partial charge in [-0.25, -0.2) is 0 Å². The molecule has 0 aromatic heterocycles. The topological polar surface area (TPSA) is 59.6 Å². The molecular formula is C15H23ClN2O3. The van der Waals surface area contributed by atoms with Crippen LogP contribution in [0, 0.1) is 5.92 Å². The van der Waals surface area contributed by atoms with E-state index in [1.807, 2.05) is 18.2 Å². The highest BCUT2D eigenvalue weighted by molar-refractivity contribution is 5.85. The molecule has 1 heterocycles. The van der Waals surface area contributed by atoms with Crippen LogP contribution in [0.4, 0.5) is 0 Å². The predicted octanol–water partition coefficient (Wildman–Crippen LogP) is 1.74. The van der Waals surface area contributed by atoms with Crippen LogP contribution in [-0.4, -0.2) is 33.2 Å². The van der Waals surface area contributed by atoms with E-state index in [4.69, 9.17) is 9.47 Å². The number of ether oxygens (including phenoxy) is 2. The van der Waals surface area contributed by atoms with Gasteiger partial charge in [0.1, 0.15) is 11.5 Å². The lowest BCUT2D eigenvalue weighted by Crippen LogP contribution is -2.40. The molecular weight excluding hydrogens is 292 g/mol. The fraction of sp³-hybridized carbons (Fsp3) is 0.533. The van der Waals surface area contributed by atoms with Gasteiger partial charge in [-0.1, -0.05) is 0 Å². The molecule has 2 N–H and O–H groups in total. The monoisotopic (exact) mass is 314 g/mol. The van der Waals surface area contributed by atoms with Gasteiger partial charge in [0, 0.05) is 24.7 Å². The van der Waals surface area contributed by atoms with Gasteiger partial charge in [-0.3, -0.25) is 4.79 Å². The van der Waals surface area contributed by atoms with Crippen molar-refractivity contribution in [3.05, 3.63) is 23.8 Å². The SMILES string of the molecule is COc1ccc(CNC(=O)[C@@H]2CCCNC2)c(OC)c1.Cl. The minimum atomic E-state index is 0. The number of piperidine rings is 1. The van der Waals surface area contributed by atoms with Crippen LogP contribution in [-0.2, 0) is 11.3 Å². The minimum Gasteiger partial charge on any atom is -0.497 e. The Morgan fingerprint density at radius 3 is 2.81 bits per heavy atom. The summed E-state index contributed by atoms with van der Waals surface area (Å²) in [5, 5.41) is 6.23. The van der Waals surface area contributed by atoms with E-state index in [9.17, 15) is 4.79 Å². The van der Waals surface area contributed by atoms with Crippen molar-refractivity contribution in [2.45, 2.75) is 19.4 Å². The second kappa shape index (κ2) is 8.74. The van der Waals surface area contributed by atoms with Crippen LogP contribution in [0.1, 0.15) is 18.4 Å². The molecule has 0 spiro atoms. The van der Waals surface area contributed by atoms with Crippen molar-refractivity contribution in [3.63, 3.8) is 0 Å². The van der Waals surface area contributed by atoms with Gasteiger partial charge in [-0.15, -0.1) is 12.4 Å². The van der Waals surface area contributed by atoms with Crippen LogP contribution < -0.4 is 20.1 Å². The number of halogens is 1. The van der Waals surface area contributed by atoms with Gasteiger partial charge in [0.25, 0.3) is 0 Å². The van der Waals surface area contributed by atoms with Crippen molar-refractivity contribution in [1.82, 2.24) is 10.6 Å². The number of nitrogens with one attached hydrogen (secondary N) is 2. The van der Waals surface area contributed by atoms with Gasteiger partial charge >= 0.3 is 0 Å². The van der Waals surface area contributed by atoms with Crippen molar-refractivity contribution in [3.8, 4) is 11.5 Å². The van der Waals surface area contributed by atoms with Gasteiger partial charge in [-0.05, 0) is 31.5 Å². The Hall–Kier alpha value is -1.46. The Morgan fingerprint density at radius 2 is 2.19 bits per heavy atom. The molecule has 1 saturated heterocycles. The first kappa shape index (κ1) is 17.6. The lowest BCUT2D eigenvalue weighted by Gasteiger charge is -2.22. The van der Waals surface area contributed by atoms with Crippen molar-refractivity contribution >= 4 is 18.3 Å². The van der Waals surface area contributed by atoms with Crippen LogP contribution in [0.5, 0.6) is 11.5 Å². The molecule has 1 aromatic rings. The first-order valence-corrected chi connectivity index (χ1v) is 6.94. The second-order valence-corrected chi connectivity index (χ2v) is 4.94. The van der Waals surface area contributed by atoms with E-state index in [0.29, 0.717) is 6.54 Å². The van der Waals surface area contributed by atoms with Crippen LogP contribution in [0.3, 0.4) is 0 Å². The Kier molecular flexibility index (Phi) is 7.32. The van der Waals surface area contributed by atoms with Gasteiger partial charge in [0.2, 0.25) is 5.91 Å². The molecule has 5 nitrogen and oxygen atoms in total. The standard InChI is InChI=1S/C15H22N2O3.ClH/c1-19-13-6-5-11(14(8-13)20-2)10-17-15(18)12-4-3-7-16-9-12;/h5-6,8,12,16H,3-4,7,9-10H2,1-2H3,(H,17,18);1H/t12-;/m1./s1. The predicted molar refractivity (Wildman–Crippen MR) is 84.2 cm³/mol. The first-order valence-electron chi connectivity index (χ1n) is 6.94. The summed E-state index contributed by atoms with van der Waals surface area (Å²) in [5.74, 6) is 1.66. The maximum Gasteiger partial charge on any atom is 0.224 e. The zero-order chi connectivity index (χ0) is 14.4. The van der Waals surface area contributed by atoms with Crippen LogP contribution in [0.2, 0.25) is 0 Å². The fourth-order valence-corrected chi connectivity index (χ4v) is 2.40. The molecule has 1 amide bonds. The maximum absolute atomic E-state index is 12.1. The molecule has 6 heteroatoms. The fourth-order valence-electron chi connectivity index (χ4n) is 2.40. The van der Waals surface area contributed by atoms with Crippen LogP contribution in [0.15, 0.2) is 18.2 Å². The first-order chi connectivity index (χ1) is 9.74. The lowest BCUT2D eigenvalue weighted by molar-refractivity contribution is -0.125. The number of hydrogen-bond donors (Lipinski definition) is 2. The van der Waals surface area contributed by atoms with E-state index in [2.05, 4.69) is 10.6 Å². The maximum atomic E-state index is 12.1. The number of hydrogen-bond acceptors (Lipinski definition) is 4. The number of amides is 1. The quantitative estimate of drug-likeness (QED) is 0.869. The lowest BCUT2D eigenvalue weighted by atomic mass is 9.99. The Morgan fingerprint density at radius 1 is 1.38 bits per heavy atom.